The predicted molar refractivity (Wildman–Crippen MR) is 59.7 cm³/mol. The van der Waals surface area contributed by atoms with Gasteiger partial charge in [0.15, 0.2) is 11.5 Å². The Balaban J connectivity index is 2.06. The van der Waals surface area contributed by atoms with Crippen LogP contribution < -0.4 is 11.1 Å². The highest BCUT2D eigenvalue weighted by Gasteiger charge is 2.06. The fraction of sp³-hybridized carbons (Fsp3) is 0.444. The summed E-state index contributed by atoms with van der Waals surface area (Å²) in [5, 5.41) is 3.07. The molecule has 2 heterocycles. The molecule has 0 saturated heterocycles. The third-order valence-corrected chi connectivity index (χ3v) is 2.13. The number of nitrogens with zero attached hydrogens (tertiary/aromatic N) is 3. The number of anilines is 1. The highest BCUT2D eigenvalue weighted by atomic mass is 16.5. The zero-order chi connectivity index (χ0) is 11.4. The number of rotatable bonds is 5. The van der Waals surface area contributed by atoms with Crippen molar-refractivity contribution < 1.29 is 4.74 Å². The molecule has 16 heavy (non-hydrogen) atoms. The second-order valence-corrected chi connectivity index (χ2v) is 3.31. The van der Waals surface area contributed by atoms with Crippen molar-refractivity contribution in [2.75, 3.05) is 26.1 Å². The van der Waals surface area contributed by atoms with E-state index in [4.69, 9.17) is 10.5 Å². The van der Waals surface area contributed by atoms with Crippen LogP contribution in [0.3, 0.4) is 0 Å². The lowest BCUT2D eigenvalue weighted by Crippen LogP contribution is -2.20. The smallest absolute Gasteiger partial charge is 0.183 e. The minimum atomic E-state index is 0.434. The SMILES string of the molecule is COCNCCc1nc(N)c2[nH]cnc2n1. The number of methoxy groups -OCH3 is 1. The van der Waals surface area contributed by atoms with Crippen LogP contribution in [-0.4, -0.2) is 40.3 Å². The van der Waals surface area contributed by atoms with E-state index in [1.807, 2.05) is 0 Å². The molecule has 2 rings (SSSR count). The molecule has 0 saturated carbocycles. The normalized spacial score (nSPS) is 11.1. The van der Waals surface area contributed by atoms with Crippen molar-refractivity contribution in [3.8, 4) is 0 Å². The van der Waals surface area contributed by atoms with Crippen molar-refractivity contribution in [3.63, 3.8) is 0 Å². The number of aromatic nitrogens is 4. The molecule has 7 heteroatoms. The van der Waals surface area contributed by atoms with Crippen molar-refractivity contribution in [1.82, 2.24) is 25.3 Å². The van der Waals surface area contributed by atoms with Gasteiger partial charge in [0.2, 0.25) is 0 Å². The van der Waals surface area contributed by atoms with Gasteiger partial charge >= 0.3 is 0 Å². The molecule has 0 aliphatic heterocycles. The lowest BCUT2D eigenvalue weighted by Gasteiger charge is -2.03. The number of ether oxygens (including phenoxy) is 1. The second-order valence-electron chi connectivity index (χ2n) is 3.31. The largest absolute Gasteiger partial charge is 0.382 e. The Morgan fingerprint density at radius 2 is 2.38 bits per heavy atom. The van der Waals surface area contributed by atoms with E-state index in [0.717, 1.165) is 6.54 Å². The number of nitrogens with two attached hydrogens (primary N) is 1. The van der Waals surface area contributed by atoms with Crippen LogP contribution in [0.25, 0.3) is 11.2 Å². The van der Waals surface area contributed by atoms with Crippen molar-refractivity contribution in [2.45, 2.75) is 6.42 Å². The van der Waals surface area contributed by atoms with Gasteiger partial charge in [0.1, 0.15) is 11.3 Å². The van der Waals surface area contributed by atoms with E-state index in [0.29, 0.717) is 36.0 Å². The lowest BCUT2D eigenvalue weighted by atomic mass is 10.4. The summed E-state index contributed by atoms with van der Waals surface area (Å²) in [5.74, 6) is 1.12. The van der Waals surface area contributed by atoms with Gasteiger partial charge in [-0.05, 0) is 0 Å². The average Bonchev–Trinajstić information content (AvgIpc) is 2.73. The maximum Gasteiger partial charge on any atom is 0.183 e. The van der Waals surface area contributed by atoms with Crippen LogP contribution in [0.4, 0.5) is 5.82 Å². The molecule has 2 aromatic heterocycles. The third-order valence-electron chi connectivity index (χ3n) is 2.13. The Kier molecular flexibility index (Phi) is 3.28. The molecule has 0 fully saturated rings. The summed E-state index contributed by atoms with van der Waals surface area (Å²) >= 11 is 0. The third kappa shape index (κ3) is 2.26. The number of hydrogen-bond donors (Lipinski definition) is 3. The summed E-state index contributed by atoms with van der Waals surface area (Å²) < 4.78 is 4.87. The first-order valence-electron chi connectivity index (χ1n) is 4.96. The van der Waals surface area contributed by atoms with Crippen LogP contribution in [0.2, 0.25) is 0 Å². The summed E-state index contributed by atoms with van der Waals surface area (Å²) in [4.78, 5) is 15.4. The number of H-pyrrole nitrogens is 1. The predicted octanol–water partition coefficient (Wildman–Crippen LogP) is -0.329. The van der Waals surface area contributed by atoms with Crippen LogP contribution in [0, 0.1) is 0 Å². The molecular formula is C9H14N6O. The highest BCUT2D eigenvalue weighted by molar-refractivity contribution is 5.80. The van der Waals surface area contributed by atoms with Crippen LogP contribution in [-0.2, 0) is 11.2 Å². The van der Waals surface area contributed by atoms with Crippen molar-refractivity contribution in [3.05, 3.63) is 12.2 Å². The second kappa shape index (κ2) is 4.86. The highest BCUT2D eigenvalue weighted by Crippen LogP contribution is 2.12. The molecule has 0 aliphatic carbocycles. The number of fused-ring (bicyclic) bond motifs is 1. The van der Waals surface area contributed by atoms with Crippen LogP contribution in [0.5, 0.6) is 0 Å². The van der Waals surface area contributed by atoms with Crippen LogP contribution in [0.15, 0.2) is 6.33 Å². The van der Waals surface area contributed by atoms with Gasteiger partial charge in [0.05, 0.1) is 13.1 Å². The quantitative estimate of drug-likeness (QED) is 0.473. The van der Waals surface area contributed by atoms with Gasteiger partial charge in [-0.25, -0.2) is 15.0 Å². The minimum absolute atomic E-state index is 0.434. The van der Waals surface area contributed by atoms with E-state index in [1.165, 1.54) is 0 Å². The average molecular weight is 222 g/mol. The maximum atomic E-state index is 5.76. The molecule has 0 unspecified atom stereocenters. The molecule has 0 amide bonds. The number of nitrogen functional groups attached to an aromatic ring is 1. The van der Waals surface area contributed by atoms with E-state index >= 15 is 0 Å². The molecule has 0 aliphatic rings. The number of imidazole rings is 1. The maximum absolute atomic E-state index is 5.76. The van der Waals surface area contributed by atoms with Gasteiger partial charge < -0.3 is 15.5 Å². The molecule has 2 aromatic rings. The topological polar surface area (TPSA) is 102 Å². The van der Waals surface area contributed by atoms with Crippen molar-refractivity contribution >= 4 is 17.0 Å². The van der Waals surface area contributed by atoms with E-state index in [1.54, 1.807) is 13.4 Å². The van der Waals surface area contributed by atoms with Crippen LogP contribution >= 0.6 is 0 Å². The first-order valence-corrected chi connectivity index (χ1v) is 4.96. The lowest BCUT2D eigenvalue weighted by molar-refractivity contribution is 0.176. The van der Waals surface area contributed by atoms with E-state index < -0.39 is 0 Å². The number of hydrogen-bond acceptors (Lipinski definition) is 6. The molecular weight excluding hydrogens is 208 g/mol. The Bertz CT molecular complexity index is 468. The first-order chi connectivity index (χ1) is 7.81. The van der Waals surface area contributed by atoms with Gasteiger partial charge in [-0.1, -0.05) is 0 Å². The molecule has 4 N–H and O–H groups in total. The van der Waals surface area contributed by atoms with Crippen LogP contribution in [0.1, 0.15) is 5.82 Å². The molecule has 0 bridgehead atoms. The Morgan fingerprint density at radius 1 is 1.50 bits per heavy atom. The fourth-order valence-electron chi connectivity index (χ4n) is 1.39. The van der Waals surface area contributed by atoms with E-state index in [9.17, 15) is 0 Å². The van der Waals surface area contributed by atoms with Gasteiger partial charge in [-0.3, -0.25) is 5.32 Å². The summed E-state index contributed by atoms with van der Waals surface area (Å²) in [6.07, 6.45) is 2.25. The fourth-order valence-corrected chi connectivity index (χ4v) is 1.39. The van der Waals surface area contributed by atoms with Crippen molar-refractivity contribution in [1.29, 1.82) is 0 Å². The molecule has 0 atom stereocenters. The van der Waals surface area contributed by atoms with Gasteiger partial charge in [-0.2, -0.15) is 0 Å². The van der Waals surface area contributed by atoms with E-state index in [2.05, 4.69) is 25.3 Å². The standard InChI is InChI=1S/C9H14N6O/c1-16-5-11-3-2-6-14-8(10)7-9(15-6)13-4-12-7/h4,11H,2-3,5H2,1H3,(H3,10,12,13,14,15). The summed E-state index contributed by atoms with van der Waals surface area (Å²) in [7, 11) is 1.64. The molecule has 0 radical (unpaired) electrons. The molecule has 7 nitrogen and oxygen atoms in total. The van der Waals surface area contributed by atoms with E-state index in [-0.39, 0.29) is 0 Å². The Labute approximate surface area is 92.4 Å². The van der Waals surface area contributed by atoms with Crippen molar-refractivity contribution in [2.24, 2.45) is 0 Å². The first kappa shape index (κ1) is 10.8. The van der Waals surface area contributed by atoms with Gasteiger partial charge in [0.25, 0.3) is 0 Å². The molecule has 0 aromatic carbocycles. The Morgan fingerprint density at radius 3 is 3.19 bits per heavy atom. The molecule has 86 valence electrons. The Hall–Kier alpha value is -1.73. The monoisotopic (exact) mass is 222 g/mol. The summed E-state index contributed by atoms with van der Waals surface area (Å²) in [6, 6.07) is 0. The summed E-state index contributed by atoms with van der Waals surface area (Å²) in [5.41, 5.74) is 7.06. The number of aromatic amines is 1. The minimum Gasteiger partial charge on any atom is -0.382 e. The van der Waals surface area contributed by atoms with Gasteiger partial charge in [-0.15, -0.1) is 0 Å². The molecule has 0 spiro atoms. The zero-order valence-electron chi connectivity index (χ0n) is 9.03. The zero-order valence-corrected chi connectivity index (χ0v) is 9.03. The number of nitrogens with one attached hydrogen (secondary N) is 2. The summed E-state index contributed by atoms with van der Waals surface area (Å²) in [6.45, 7) is 1.25. The van der Waals surface area contributed by atoms with Gasteiger partial charge in [0, 0.05) is 20.1 Å².